The molecule has 260 valence electrons. The van der Waals surface area contributed by atoms with Crippen molar-refractivity contribution in [2.75, 3.05) is 53.6 Å². The van der Waals surface area contributed by atoms with Crippen molar-refractivity contribution in [2.45, 2.75) is 51.2 Å². The van der Waals surface area contributed by atoms with Gasteiger partial charge in [-0.15, -0.1) is 0 Å². The van der Waals surface area contributed by atoms with Crippen LogP contribution in [0.1, 0.15) is 36.3 Å². The number of amides is 3. The van der Waals surface area contributed by atoms with Crippen molar-refractivity contribution >= 4 is 28.6 Å². The van der Waals surface area contributed by atoms with Gasteiger partial charge in [-0.05, 0) is 56.6 Å². The number of methoxy groups -OCH3 is 1. The molecule has 49 heavy (non-hydrogen) atoms. The van der Waals surface area contributed by atoms with Gasteiger partial charge in [0.15, 0.2) is 11.5 Å². The zero-order valence-electron chi connectivity index (χ0n) is 28.3. The van der Waals surface area contributed by atoms with Crippen LogP contribution in [0.3, 0.4) is 0 Å². The number of morpholine rings is 1. The van der Waals surface area contributed by atoms with Gasteiger partial charge in [-0.1, -0.05) is 18.2 Å². The second-order valence-electron chi connectivity index (χ2n) is 12.5. The van der Waals surface area contributed by atoms with E-state index in [-0.39, 0.29) is 37.1 Å². The fourth-order valence-corrected chi connectivity index (χ4v) is 6.28. The number of rotatable bonds is 4. The molecule has 3 aliphatic rings. The summed E-state index contributed by atoms with van der Waals surface area (Å²) in [4.78, 5) is 52.5. The van der Waals surface area contributed by atoms with Crippen LogP contribution in [0.5, 0.6) is 11.5 Å². The number of aryl methyl sites for hydroxylation is 1. The maximum atomic E-state index is 13.7. The van der Waals surface area contributed by atoms with Gasteiger partial charge >= 0.3 is 0 Å². The highest BCUT2D eigenvalue weighted by Crippen LogP contribution is 2.33. The van der Waals surface area contributed by atoms with Crippen molar-refractivity contribution in [1.29, 1.82) is 0 Å². The summed E-state index contributed by atoms with van der Waals surface area (Å²) in [7, 11) is 3.49. The number of hydrogen-bond acceptors (Lipinski definition) is 9. The van der Waals surface area contributed by atoms with E-state index in [2.05, 4.69) is 20.6 Å². The van der Waals surface area contributed by atoms with E-state index in [1.807, 2.05) is 54.5 Å². The third kappa shape index (κ3) is 8.06. The van der Waals surface area contributed by atoms with Gasteiger partial charge in [0.1, 0.15) is 23.5 Å². The van der Waals surface area contributed by atoms with Gasteiger partial charge in [-0.2, -0.15) is 0 Å². The summed E-state index contributed by atoms with van der Waals surface area (Å²) in [6.07, 6.45) is 3.29. The molecular formula is C36H44N6O7. The number of hydrogen-bond donors (Lipinski definition) is 3. The van der Waals surface area contributed by atoms with Gasteiger partial charge < -0.3 is 39.1 Å². The number of para-hydroxylation sites is 1. The first-order valence-corrected chi connectivity index (χ1v) is 16.8. The maximum Gasteiger partial charge on any atom is 0.243 e. The number of oxazole rings is 1. The van der Waals surface area contributed by atoms with Crippen LogP contribution in [0.25, 0.3) is 22.4 Å². The van der Waals surface area contributed by atoms with E-state index in [4.69, 9.17) is 18.6 Å². The number of likely N-dealkylation sites (N-methyl/N-ethyl adjacent to an activating group) is 1. The molecule has 7 rings (SSSR count). The van der Waals surface area contributed by atoms with Gasteiger partial charge in [0.2, 0.25) is 23.6 Å². The van der Waals surface area contributed by atoms with Crippen LogP contribution in [0.15, 0.2) is 53.1 Å². The molecule has 0 radical (unpaired) electrons. The number of ether oxygens (including phenoxy) is 3. The Labute approximate surface area is 285 Å². The molecule has 4 bridgehead atoms. The average molecular weight is 673 g/mol. The van der Waals surface area contributed by atoms with Crippen molar-refractivity contribution in [3.05, 3.63) is 65.7 Å². The highest BCUT2D eigenvalue weighted by atomic mass is 16.5. The molecule has 0 unspecified atom stereocenters. The van der Waals surface area contributed by atoms with E-state index in [0.717, 1.165) is 16.5 Å². The van der Waals surface area contributed by atoms with Crippen LogP contribution in [-0.4, -0.2) is 103 Å². The van der Waals surface area contributed by atoms with Gasteiger partial charge in [0.25, 0.3) is 0 Å². The molecule has 4 aromatic rings. The van der Waals surface area contributed by atoms with Crippen molar-refractivity contribution in [3.8, 4) is 23.0 Å². The molecule has 1 saturated heterocycles. The lowest BCUT2D eigenvalue weighted by atomic mass is 10.0. The van der Waals surface area contributed by atoms with Crippen LogP contribution in [0, 0.1) is 6.92 Å². The number of fused-ring (bicyclic) bond motifs is 16. The summed E-state index contributed by atoms with van der Waals surface area (Å²) in [5.74, 6) is 1.38. The van der Waals surface area contributed by atoms with Crippen LogP contribution >= 0.6 is 0 Å². The van der Waals surface area contributed by atoms with Gasteiger partial charge in [0.05, 0.1) is 33.5 Å². The molecule has 0 saturated carbocycles. The number of nitrogens with zero attached hydrogens (tertiary/aromatic N) is 3. The Morgan fingerprint density at radius 2 is 1.92 bits per heavy atom. The third-order valence-electron chi connectivity index (χ3n) is 9.14. The predicted molar refractivity (Wildman–Crippen MR) is 182 cm³/mol. The van der Waals surface area contributed by atoms with Crippen LogP contribution in [-0.2, 0) is 32.1 Å². The standard InChI is InChI=1S/C36H44N6O7/c1-23-29-21-38-34(44)28(18-25-20-37-27-9-5-4-8-26(25)27)39-33(43)10-6-13-42(36(45)30-22-47-17-15-41(30)2)14-7-16-48-31-12-11-24(19-32(31)46-3)35(40-29)49-23/h4-5,8-9,11-12,19-20,28,30,37H,6-7,10,13-18,21-22H2,1-3H3,(H,38,44)(H,39,43)/t28-,30+/m0/s1. The summed E-state index contributed by atoms with van der Waals surface area (Å²) < 4.78 is 23.3. The Kier molecular flexibility index (Phi) is 10.8. The summed E-state index contributed by atoms with van der Waals surface area (Å²) in [6, 6.07) is 12.1. The van der Waals surface area contributed by atoms with E-state index >= 15 is 0 Å². The lowest BCUT2D eigenvalue weighted by Gasteiger charge is -2.35. The van der Waals surface area contributed by atoms with Crippen LogP contribution in [0.2, 0.25) is 0 Å². The second kappa shape index (κ2) is 15.6. The number of aromatic nitrogens is 2. The van der Waals surface area contributed by atoms with E-state index in [1.54, 1.807) is 25.0 Å². The van der Waals surface area contributed by atoms with Crippen LogP contribution in [0.4, 0.5) is 0 Å². The SMILES string of the molecule is COc1cc2ccc1OCCCN(C(=O)[C@H]1COCCN1C)CCCC(=O)N[C@@H](Cc1c[nH]c3ccccc13)C(=O)NCc1nc-2oc1C. The quantitative estimate of drug-likeness (QED) is 0.297. The lowest BCUT2D eigenvalue weighted by molar-refractivity contribution is -0.142. The maximum absolute atomic E-state index is 13.7. The fraction of sp³-hybridized carbons (Fsp3) is 0.444. The van der Waals surface area contributed by atoms with Crippen molar-refractivity contribution < 1.29 is 33.0 Å². The van der Waals surface area contributed by atoms with Crippen molar-refractivity contribution in [2.24, 2.45) is 0 Å². The van der Waals surface area contributed by atoms with E-state index in [9.17, 15) is 14.4 Å². The first-order chi connectivity index (χ1) is 23.8. The molecule has 13 heteroatoms. The lowest BCUT2D eigenvalue weighted by Crippen LogP contribution is -2.53. The molecule has 0 spiro atoms. The van der Waals surface area contributed by atoms with Crippen LogP contribution < -0.4 is 20.1 Å². The minimum atomic E-state index is -0.841. The highest BCUT2D eigenvalue weighted by molar-refractivity contribution is 5.89. The first-order valence-electron chi connectivity index (χ1n) is 16.8. The smallest absolute Gasteiger partial charge is 0.243 e. The Morgan fingerprint density at radius 3 is 2.76 bits per heavy atom. The molecular weight excluding hydrogens is 628 g/mol. The van der Waals surface area contributed by atoms with Crippen molar-refractivity contribution in [1.82, 2.24) is 30.4 Å². The largest absolute Gasteiger partial charge is 0.493 e. The zero-order valence-corrected chi connectivity index (χ0v) is 28.3. The number of H-pyrrole nitrogens is 1. The molecule has 2 aromatic heterocycles. The van der Waals surface area contributed by atoms with Gasteiger partial charge in [-0.25, -0.2) is 4.98 Å². The number of carbonyl (C=O) groups excluding carboxylic acids is 3. The first kappa shape index (κ1) is 34.0. The summed E-state index contributed by atoms with van der Waals surface area (Å²) in [5, 5.41) is 6.91. The molecule has 3 N–H and O–H groups in total. The fourth-order valence-electron chi connectivity index (χ4n) is 6.28. The molecule has 3 aliphatic heterocycles. The molecule has 13 nitrogen and oxygen atoms in total. The predicted octanol–water partition coefficient (Wildman–Crippen LogP) is 3.21. The Hall–Kier alpha value is -4.88. The third-order valence-corrected chi connectivity index (χ3v) is 9.14. The van der Waals surface area contributed by atoms with E-state index < -0.39 is 12.1 Å². The van der Waals surface area contributed by atoms with E-state index in [0.29, 0.717) is 86.7 Å². The Morgan fingerprint density at radius 1 is 1.08 bits per heavy atom. The van der Waals surface area contributed by atoms with E-state index in [1.165, 1.54) is 0 Å². The monoisotopic (exact) mass is 672 g/mol. The topological polar surface area (TPSA) is 151 Å². The van der Waals surface area contributed by atoms with Gasteiger partial charge in [-0.3, -0.25) is 19.3 Å². The molecule has 2 atom stereocenters. The summed E-state index contributed by atoms with van der Waals surface area (Å²) in [6.45, 7) is 4.65. The normalized spacial score (nSPS) is 20.3. The molecule has 0 aliphatic carbocycles. The second-order valence-corrected chi connectivity index (χ2v) is 12.5. The number of aromatic amines is 1. The number of nitrogens with one attached hydrogen (secondary N) is 3. The highest BCUT2D eigenvalue weighted by Gasteiger charge is 2.31. The molecule has 1 fully saturated rings. The van der Waals surface area contributed by atoms with Crippen molar-refractivity contribution in [3.63, 3.8) is 0 Å². The Balaban J connectivity index is 1.26. The number of carbonyl (C=O) groups is 3. The molecule has 3 amide bonds. The van der Waals surface area contributed by atoms with Gasteiger partial charge in [0, 0.05) is 55.1 Å². The minimum Gasteiger partial charge on any atom is -0.493 e. The summed E-state index contributed by atoms with van der Waals surface area (Å²) in [5.41, 5.74) is 3.13. The molecule has 5 heterocycles. The minimum absolute atomic E-state index is 0.0417. The molecule has 2 aromatic carbocycles. The zero-order chi connectivity index (χ0) is 34.3. The summed E-state index contributed by atoms with van der Waals surface area (Å²) >= 11 is 0. The Bertz CT molecular complexity index is 1780. The average Bonchev–Trinajstić information content (AvgIpc) is 3.70. The number of benzene rings is 2.